The lowest BCUT2D eigenvalue weighted by atomic mass is 9.99. The van der Waals surface area contributed by atoms with Gasteiger partial charge >= 0.3 is 5.97 Å². The Balaban J connectivity index is 1.56. The number of carbonyl (C=O) groups excluding carboxylic acids is 1. The van der Waals surface area contributed by atoms with Crippen molar-refractivity contribution in [2.75, 3.05) is 0 Å². The second-order valence-electron chi connectivity index (χ2n) is 9.29. The maximum atomic E-state index is 12.7. The highest BCUT2D eigenvalue weighted by atomic mass is 16.5. The molecule has 0 bridgehead atoms. The molecular formula is C31H37N3O2. The van der Waals surface area contributed by atoms with Gasteiger partial charge in [0.2, 0.25) is 0 Å². The van der Waals surface area contributed by atoms with Crippen LogP contribution >= 0.6 is 0 Å². The van der Waals surface area contributed by atoms with Gasteiger partial charge in [-0.1, -0.05) is 64.9 Å². The Morgan fingerprint density at radius 1 is 0.833 bits per heavy atom. The Bertz CT molecular complexity index is 1130. The average molecular weight is 484 g/mol. The third-order valence-electron chi connectivity index (χ3n) is 6.36. The van der Waals surface area contributed by atoms with Gasteiger partial charge in [-0.2, -0.15) is 5.26 Å². The second kappa shape index (κ2) is 14.8. The van der Waals surface area contributed by atoms with Crippen molar-refractivity contribution in [3.8, 4) is 23.2 Å². The highest BCUT2D eigenvalue weighted by molar-refractivity contribution is 5.91. The molecule has 5 heteroatoms. The summed E-state index contributed by atoms with van der Waals surface area (Å²) in [5.74, 6) is 0.611. The zero-order chi connectivity index (χ0) is 25.6. The molecule has 0 saturated carbocycles. The molecule has 1 aromatic heterocycles. The first-order chi connectivity index (χ1) is 17.6. The van der Waals surface area contributed by atoms with E-state index in [0.29, 0.717) is 22.7 Å². The third kappa shape index (κ3) is 8.30. The summed E-state index contributed by atoms with van der Waals surface area (Å²) >= 11 is 0. The predicted octanol–water partition coefficient (Wildman–Crippen LogP) is 7.87. The maximum absolute atomic E-state index is 12.7. The van der Waals surface area contributed by atoms with Crippen molar-refractivity contribution in [2.45, 2.75) is 84.5 Å². The van der Waals surface area contributed by atoms with E-state index in [1.165, 1.54) is 44.9 Å². The van der Waals surface area contributed by atoms with Crippen molar-refractivity contribution in [3.63, 3.8) is 0 Å². The summed E-state index contributed by atoms with van der Waals surface area (Å²) in [6.45, 7) is 4.41. The van der Waals surface area contributed by atoms with Gasteiger partial charge in [-0.25, -0.2) is 14.8 Å². The molecule has 0 spiro atoms. The number of esters is 1. The minimum atomic E-state index is -0.474. The third-order valence-corrected chi connectivity index (χ3v) is 6.36. The van der Waals surface area contributed by atoms with Crippen LogP contribution in [-0.4, -0.2) is 15.9 Å². The van der Waals surface area contributed by atoms with Crippen LogP contribution in [0.2, 0.25) is 0 Å². The number of aryl methyl sites for hydroxylation is 2. The van der Waals surface area contributed by atoms with Gasteiger partial charge in [-0.15, -0.1) is 0 Å². The molecule has 0 aliphatic rings. The molecule has 0 saturated heterocycles. The largest absolute Gasteiger partial charge is 0.423 e. The number of unbranched alkanes of at least 4 members (excludes halogenated alkanes) is 7. The van der Waals surface area contributed by atoms with Crippen molar-refractivity contribution in [1.82, 2.24) is 9.97 Å². The smallest absolute Gasteiger partial charge is 0.343 e. The molecule has 0 N–H and O–H groups in total. The van der Waals surface area contributed by atoms with E-state index in [9.17, 15) is 10.1 Å². The normalized spacial score (nSPS) is 10.7. The number of nitrogens with zero attached hydrogens (tertiary/aromatic N) is 3. The number of rotatable bonds is 14. The highest BCUT2D eigenvalue weighted by Gasteiger charge is 2.13. The van der Waals surface area contributed by atoms with Gasteiger partial charge in [0.25, 0.3) is 0 Å². The van der Waals surface area contributed by atoms with Gasteiger partial charge in [-0.05, 0) is 73.2 Å². The van der Waals surface area contributed by atoms with Crippen LogP contribution in [0.1, 0.15) is 98.7 Å². The van der Waals surface area contributed by atoms with Gasteiger partial charge in [-0.3, -0.25) is 0 Å². The molecule has 36 heavy (non-hydrogen) atoms. The van der Waals surface area contributed by atoms with Crippen molar-refractivity contribution >= 4 is 5.97 Å². The summed E-state index contributed by atoms with van der Waals surface area (Å²) in [5.41, 5.74) is 3.92. The molecule has 2 aromatic carbocycles. The van der Waals surface area contributed by atoms with Gasteiger partial charge in [0.1, 0.15) is 5.75 Å². The summed E-state index contributed by atoms with van der Waals surface area (Å²) in [4.78, 5) is 21.7. The Labute approximate surface area is 215 Å². The van der Waals surface area contributed by atoms with Gasteiger partial charge in [0.15, 0.2) is 5.82 Å². The molecule has 0 atom stereocenters. The van der Waals surface area contributed by atoms with Crippen LogP contribution in [0.25, 0.3) is 11.4 Å². The molecule has 0 unspecified atom stereocenters. The van der Waals surface area contributed by atoms with Crippen LogP contribution in [0.4, 0.5) is 0 Å². The van der Waals surface area contributed by atoms with Crippen LogP contribution in [0.5, 0.6) is 5.75 Å². The lowest BCUT2D eigenvalue weighted by Gasteiger charge is -2.08. The monoisotopic (exact) mass is 483 g/mol. The van der Waals surface area contributed by atoms with E-state index in [1.54, 1.807) is 24.3 Å². The average Bonchev–Trinajstić information content (AvgIpc) is 2.91. The number of carbonyl (C=O) groups is 1. The zero-order valence-electron chi connectivity index (χ0n) is 21.6. The fraction of sp³-hybridized carbons (Fsp3) is 0.419. The molecule has 188 valence electrons. The van der Waals surface area contributed by atoms with E-state index in [1.807, 2.05) is 30.6 Å². The molecule has 0 amide bonds. The number of nitriles is 1. The van der Waals surface area contributed by atoms with E-state index in [4.69, 9.17) is 4.74 Å². The summed E-state index contributed by atoms with van der Waals surface area (Å²) in [5, 5.41) is 9.58. The SMILES string of the molecule is CCCCCCCCc1ccc(C(=O)Oc2ccc(-c3ncc(CCCCC)cn3)cc2)cc1C#N. The van der Waals surface area contributed by atoms with Crippen LogP contribution < -0.4 is 4.74 Å². The first-order valence-electron chi connectivity index (χ1n) is 13.3. The van der Waals surface area contributed by atoms with E-state index in [-0.39, 0.29) is 0 Å². The molecule has 1 heterocycles. The lowest BCUT2D eigenvalue weighted by Crippen LogP contribution is -2.09. The van der Waals surface area contributed by atoms with E-state index < -0.39 is 5.97 Å². The predicted molar refractivity (Wildman–Crippen MR) is 144 cm³/mol. The van der Waals surface area contributed by atoms with E-state index in [0.717, 1.165) is 42.4 Å². The van der Waals surface area contributed by atoms with Crippen molar-refractivity contribution in [3.05, 3.63) is 77.1 Å². The Morgan fingerprint density at radius 2 is 1.47 bits per heavy atom. The Hall–Kier alpha value is -3.52. The van der Waals surface area contributed by atoms with Crippen LogP contribution in [0.3, 0.4) is 0 Å². The summed E-state index contributed by atoms with van der Waals surface area (Å²) in [7, 11) is 0. The minimum Gasteiger partial charge on any atom is -0.423 e. The summed E-state index contributed by atoms with van der Waals surface area (Å²) in [6.07, 6.45) is 16.4. The Morgan fingerprint density at radius 3 is 2.17 bits per heavy atom. The molecule has 0 aliphatic heterocycles. The quantitative estimate of drug-likeness (QED) is 0.132. The molecule has 3 rings (SSSR count). The van der Waals surface area contributed by atoms with E-state index in [2.05, 4.69) is 29.9 Å². The number of ether oxygens (including phenoxy) is 1. The fourth-order valence-corrected chi connectivity index (χ4v) is 4.17. The van der Waals surface area contributed by atoms with Crippen LogP contribution in [-0.2, 0) is 12.8 Å². The van der Waals surface area contributed by atoms with Crippen molar-refractivity contribution < 1.29 is 9.53 Å². The standard InChI is InChI=1S/C31H37N3O2/c1-3-5-7-8-9-11-13-25-14-15-27(20-28(25)21-32)31(35)36-29-18-16-26(17-19-29)30-33-22-24(23-34-30)12-10-6-4-2/h14-20,22-23H,3-13H2,1-2H3. The van der Waals surface area contributed by atoms with E-state index >= 15 is 0 Å². The van der Waals surface area contributed by atoms with Gasteiger partial charge < -0.3 is 4.74 Å². The Kier molecular flexibility index (Phi) is 11.1. The van der Waals surface area contributed by atoms with Crippen LogP contribution in [0, 0.1) is 11.3 Å². The number of hydrogen-bond acceptors (Lipinski definition) is 5. The number of hydrogen-bond donors (Lipinski definition) is 0. The molecule has 0 radical (unpaired) electrons. The number of aromatic nitrogens is 2. The van der Waals surface area contributed by atoms with Gasteiger partial charge in [0, 0.05) is 18.0 Å². The lowest BCUT2D eigenvalue weighted by molar-refractivity contribution is 0.0734. The maximum Gasteiger partial charge on any atom is 0.343 e. The van der Waals surface area contributed by atoms with Crippen molar-refractivity contribution in [1.29, 1.82) is 5.26 Å². The van der Waals surface area contributed by atoms with Crippen LogP contribution in [0.15, 0.2) is 54.9 Å². The second-order valence-corrected chi connectivity index (χ2v) is 9.29. The molecular weight excluding hydrogens is 446 g/mol. The summed E-state index contributed by atoms with van der Waals surface area (Å²) < 4.78 is 5.55. The summed E-state index contributed by atoms with van der Waals surface area (Å²) in [6, 6.07) is 14.7. The first-order valence-corrected chi connectivity index (χ1v) is 13.3. The minimum absolute atomic E-state index is 0.379. The molecule has 3 aromatic rings. The fourth-order valence-electron chi connectivity index (χ4n) is 4.17. The first kappa shape index (κ1) is 27.1. The zero-order valence-corrected chi connectivity index (χ0v) is 21.6. The topological polar surface area (TPSA) is 75.9 Å². The molecule has 0 aliphatic carbocycles. The molecule has 5 nitrogen and oxygen atoms in total. The number of benzene rings is 2. The highest BCUT2D eigenvalue weighted by Crippen LogP contribution is 2.22. The van der Waals surface area contributed by atoms with Crippen molar-refractivity contribution in [2.24, 2.45) is 0 Å². The molecule has 0 fully saturated rings. The van der Waals surface area contributed by atoms with Gasteiger partial charge in [0.05, 0.1) is 17.2 Å².